The molecule has 0 unspecified atom stereocenters. The Morgan fingerprint density at radius 3 is 1.27 bits per heavy atom. The summed E-state index contributed by atoms with van der Waals surface area (Å²) in [6.45, 7) is 0. The van der Waals surface area contributed by atoms with Gasteiger partial charge in [0.1, 0.15) is 46.3 Å². The van der Waals surface area contributed by atoms with Gasteiger partial charge >= 0.3 is 0 Å². The topological polar surface area (TPSA) is 172 Å². The zero-order valence-electron chi connectivity index (χ0n) is 14.8. The Morgan fingerprint density at radius 2 is 0.900 bits per heavy atom. The maximum Gasteiger partial charge on any atom is 0.234 e. The van der Waals surface area contributed by atoms with Crippen molar-refractivity contribution in [2.24, 2.45) is 0 Å². The minimum absolute atomic E-state index is 0.0799. The van der Waals surface area contributed by atoms with Gasteiger partial charge in [-0.15, -0.1) is 0 Å². The molecule has 2 aromatic carbocycles. The van der Waals surface area contributed by atoms with E-state index in [-0.39, 0.29) is 55.9 Å². The van der Waals surface area contributed by atoms with E-state index in [0.717, 1.165) is 0 Å². The third kappa shape index (κ3) is 2.20. The van der Waals surface area contributed by atoms with Crippen molar-refractivity contribution in [1.29, 1.82) is 21.0 Å². The van der Waals surface area contributed by atoms with Crippen LogP contribution >= 0.6 is 0 Å². The molecule has 134 valence electrons. The Balaban J connectivity index is 2.22. The fourth-order valence-electron chi connectivity index (χ4n) is 3.32. The zero-order valence-corrected chi connectivity index (χ0v) is 14.8. The van der Waals surface area contributed by atoms with Gasteiger partial charge in [-0.2, -0.15) is 21.0 Å². The first-order valence-corrected chi connectivity index (χ1v) is 8.41. The summed E-state index contributed by atoms with van der Waals surface area (Å²) in [7, 11) is 0. The fourth-order valence-corrected chi connectivity index (χ4v) is 3.32. The number of hydrogen-bond acceptors (Lipinski definition) is 10. The molecule has 0 saturated carbocycles. The summed E-state index contributed by atoms with van der Waals surface area (Å²) in [5, 5.41) is 38.4. The maximum absolute atomic E-state index is 9.67. The lowest BCUT2D eigenvalue weighted by Crippen LogP contribution is -2.03. The van der Waals surface area contributed by atoms with E-state index in [1.54, 1.807) is 24.3 Å². The summed E-state index contributed by atoms with van der Waals surface area (Å²) in [4.78, 5) is 25.7. The molecule has 3 aromatic heterocycles. The number of fused-ring (bicyclic) bond motifs is 7. The highest BCUT2D eigenvalue weighted by atomic mass is 14.9. The van der Waals surface area contributed by atoms with Crippen molar-refractivity contribution in [3.05, 3.63) is 47.3 Å². The number of benzene rings is 2. The molecule has 0 aliphatic heterocycles. The zero-order chi connectivity index (χ0) is 20.8. The lowest BCUT2D eigenvalue weighted by Gasteiger charge is -2.10. The molecule has 30 heavy (non-hydrogen) atoms. The first-order valence-electron chi connectivity index (χ1n) is 8.41. The van der Waals surface area contributed by atoms with Crippen LogP contribution in [0, 0.1) is 45.3 Å². The molecule has 5 rings (SSSR count). The molecule has 0 amide bonds. The first kappa shape index (κ1) is 16.8. The standard InChI is InChI=1S/C20H4N10/c21-5-11-15-17-18(28-10-4-2-1-3-9(10)27-17)16-12(6-22)26-14(8-24)30-20(16)19(15)29-13(7-23)25-11/h1-4H. The number of nitrogens with zero attached hydrogens (tertiary/aromatic N) is 10. The van der Waals surface area contributed by atoms with Crippen LogP contribution in [-0.4, -0.2) is 29.9 Å². The molecule has 0 aliphatic rings. The Bertz CT molecular complexity index is 1610. The third-order valence-electron chi connectivity index (χ3n) is 4.50. The van der Waals surface area contributed by atoms with E-state index in [2.05, 4.69) is 29.9 Å². The second-order valence-corrected chi connectivity index (χ2v) is 6.10. The second kappa shape index (κ2) is 6.10. The molecule has 0 bridgehead atoms. The van der Waals surface area contributed by atoms with Gasteiger partial charge in [0.05, 0.1) is 21.8 Å². The lowest BCUT2D eigenvalue weighted by molar-refractivity contribution is 1.12. The quantitative estimate of drug-likeness (QED) is 0.284. The monoisotopic (exact) mass is 384 g/mol. The van der Waals surface area contributed by atoms with Crippen molar-refractivity contribution in [1.82, 2.24) is 29.9 Å². The summed E-state index contributed by atoms with van der Waals surface area (Å²) in [6.07, 6.45) is 0. The van der Waals surface area contributed by atoms with Gasteiger partial charge in [0, 0.05) is 0 Å². The Hall–Kier alpha value is -5.32. The van der Waals surface area contributed by atoms with Gasteiger partial charge in [-0.25, -0.2) is 29.9 Å². The number of rotatable bonds is 0. The van der Waals surface area contributed by atoms with E-state index in [9.17, 15) is 21.0 Å². The molecule has 0 N–H and O–H groups in total. The predicted octanol–water partition coefficient (Wildman–Crippen LogP) is 2.16. The number of para-hydroxylation sites is 2. The van der Waals surface area contributed by atoms with Gasteiger partial charge in [-0.05, 0) is 12.1 Å². The predicted molar refractivity (Wildman–Crippen MR) is 102 cm³/mol. The normalized spacial score (nSPS) is 10.5. The largest absolute Gasteiger partial charge is 0.244 e. The van der Waals surface area contributed by atoms with Crippen LogP contribution in [0.3, 0.4) is 0 Å². The third-order valence-corrected chi connectivity index (χ3v) is 4.50. The Morgan fingerprint density at radius 1 is 0.500 bits per heavy atom. The van der Waals surface area contributed by atoms with Crippen molar-refractivity contribution < 1.29 is 0 Å². The van der Waals surface area contributed by atoms with Crippen molar-refractivity contribution in [3.8, 4) is 24.3 Å². The molecule has 0 fully saturated rings. The fraction of sp³-hybridized carbons (Fsp3) is 0. The highest BCUT2D eigenvalue weighted by Crippen LogP contribution is 2.34. The van der Waals surface area contributed by atoms with E-state index in [1.807, 2.05) is 24.3 Å². The number of nitriles is 4. The highest BCUT2D eigenvalue weighted by molar-refractivity contribution is 6.23. The van der Waals surface area contributed by atoms with Crippen LogP contribution in [0.1, 0.15) is 23.0 Å². The van der Waals surface area contributed by atoms with Crippen molar-refractivity contribution in [2.45, 2.75) is 0 Å². The summed E-state index contributed by atoms with van der Waals surface area (Å²) in [5.74, 6) is -0.492. The van der Waals surface area contributed by atoms with Crippen LogP contribution in [0.5, 0.6) is 0 Å². The van der Waals surface area contributed by atoms with Crippen LogP contribution in [0.15, 0.2) is 24.3 Å². The molecule has 10 nitrogen and oxygen atoms in total. The molecular formula is C20H4N10. The summed E-state index contributed by atoms with van der Waals surface area (Å²) in [6, 6.07) is 14.7. The summed E-state index contributed by atoms with van der Waals surface area (Å²) < 4.78 is 0. The van der Waals surface area contributed by atoms with Crippen molar-refractivity contribution in [2.75, 3.05) is 0 Å². The maximum atomic E-state index is 9.67. The average Bonchev–Trinajstić information content (AvgIpc) is 2.81. The molecule has 10 heteroatoms. The molecule has 0 atom stereocenters. The van der Waals surface area contributed by atoms with Gasteiger partial charge in [0.2, 0.25) is 11.6 Å². The molecular weight excluding hydrogens is 380 g/mol. The second-order valence-electron chi connectivity index (χ2n) is 6.10. The van der Waals surface area contributed by atoms with Gasteiger partial charge in [-0.1, -0.05) is 12.1 Å². The van der Waals surface area contributed by atoms with Crippen LogP contribution in [0.4, 0.5) is 0 Å². The van der Waals surface area contributed by atoms with Crippen LogP contribution in [0.2, 0.25) is 0 Å². The molecule has 0 radical (unpaired) electrons. The van der Waals surface area contributed by atoms with Crippen molar-refractivity contribution >= 4 is 43.9 Å². The van der Waals surface area contributed by atoms with Crippen molar-refractivity contribution in [3.63, 3.8) is 0 Å². The minimum atomic E-state index is -0.246. The lowest BCUT2D eigenvalue weighted by atomic mass is 10.0. The van der Waals surface area contributed by atoms with E-state index in [0.29, 0.717) is 11.0 Å². The SMILES string of the molecule is N#Cc1nc(C#N)c2c(n1)c1nc(C#N)nc(C#N)c1c1nc3ccccc3nc12. The number of aromatic nitrogens is 6. The summed E-state index contributed by atoms with van der Waals surface area (Å²) >= 11 is 0. The van der Waals surface area contributed by atoms with Gasteiger partial charge < -0.3 is 0 Å². The van der Waals surface area contributed by atoms with E-state index in [1.165, 1.54) is 0 Å². The van der Waals surface area contributed by atoms with Gasteiger partial charge in [-0.3, -0.25) is 0 Å². The van der Waals surface area contributed by atoms with E-state index >= 15 is 0 Å². The first-order chi connectivity index (χ1) is 14.7. The van der Waals surface area contributed by atoms with Gasteiger partial charge in [0.15, 0.2) is 11.4 Å². The Kier molecular flexibility index (Phi) is 3.42. The van der Waals surface area contributed by atoms with E-state index < -0.39 is 0 Å². The molecule has 5 aromatic rings. The van der Waals surface area contributed by atoms with Gasteiger partial charge in [0.25, 0.3) is 0 Å². The molecule has 0 saturated heterocycles. The minimum Gasteiger partial charge on any atom is -0.244 e. The number of hydrogen-bond donors (Lipinski definition) is 0. The Labute approximate surface area is 167 Å². The van der Waals surface area contributed by atoms with E-state index in [4.69, 9.17) is 0 Å². The summed E-state index contributed by atoms with van der Waals surface area (Å²) in [5.41, 5.74) is 1.77. The molecule has 0 aliphatic carbocycles. The van der Waals surface area contributed by atoms with Crippen LogP contribution < -0.4 is 0 Å². The molecule has 0 spiro atoms. The van der Waals surface area contributed by atoms with Crippen LogP contribution in [-0.2, 0) is 0 Å². The van der Waals surface area contributed by atoms with Crippen LogP contribution in [0.25, 0.3) is 43.9 Å². The average molecular weight is 384 g/mol. The highest BCUT2D eigenvalue weighted by Gasteiger charge is 2.22. The molecule has 3 heterocycles. The smallest absolute Gasteiger partial charge is 0.234 e.